The summed E-state index contributed by atoms with van der Waals surface area (Å²) in [5, 5.41) is 0.479. The van der Waals surface area contributed by atoms with Crippen LogP contribution in [0.4, 0.5) is 0 Å². The van der Waals surface area contributed by atoms with Crippen molar-refractivity contribution in [1.29, 1.82) is 0 Å². The highest BCUT2D eigenvalue weighted by Gasteiger charge is 2.45. The number of rotatable bonds is 3. The van der Waals surface area contributed by atoms with Crippen LogP contribution in [-0.2, 0) is 9.53 Å². The van der Waals surface area contributed by atoms with Gasteiger partial charge in [-0.25, -0.2) is 4.98 Å². The van der Waals surface area contributed by atoms with Gasteiger partial charge in [-0.05, 0) is 30.9 Å². The Kier molecular flexibility index (Phi) is 2.91. The number of esters is 1. The average Bonchev–Trinajstić information content (AvgIpc) is 2.99. The standard InChI is InChI=1S/C11H12ClNO2/c1-2-15-11(14)9-5-8(9)7-3-4-10(12)13-6-7/h3-4,6,8-9H,2,5H2,1H3/t8-,9?/m0/s1. The van der Waals surface area contributed by atoms with Crippen LogP contribution >= 0.6 is 11.6 Å². The zero-order valence-corrected chi connectivity index (χ0v) is 9.20. The van der Waals surface area contributed by atoms with E-state index < -0.39 is 0 Å². The molecule has 0 N–H and O–H groups in total. The molecular formula is C11H12ClNO2. The quantitative estimate of drug-likeness (QED) is 0.586. The lowest BCUT2D eigenvalue weighted by molar-refractivity contribution is -0.144. The molecule has 1 fully saturated rings. The molecule has 1 aliphatic rings. The number of nitrogens with zero attached hydrogens (tertiary/aromatic N) is 1. The van der Waals surface area contributed by atoms with E-state index in [1.165, 1.54) is 0 Å². The van der Waals surface area contributed by atoms with E-state index in [1.54, 1.807) is 12.3 Å². The lowest BCUT2D eigenvalue weighted by atomic mass is 10.1. The van der Waals surface area contributed by atoms with Gasteiger partial charge in [-0.15, -0.1) is 0 Å². The van der Waals surface area contributed by atoms with Crippen LogP contribution in [0.3, 0.4) is 0 Å². The second kappa shape index (κ2) is 4.19. The fourth-order valence-electron chi connectivity index (χ4n) is 1.68. The molecule has 0 amide bonds. The summed E-state index contributed by atoms with van der Waals surface area (Å²) in [4.78, 5) is 15.4. The minimum Gasteiger partial charge on any atom is -0.466 e. The van der Waals surface area contributed by atoms with Gasteiger partial charge in [0.05, 0.1) is 12.5 Å². The lowest BCUT2D eigenvalue weighted by Gasteiger charge is -2.00. The van der Waals surface area contributed by atoms with E-state index in [1.807, 2.05) is 13.0 Å². The Bertz CT molecular complexity index is 363. The maximum atomic E-state index is 11.4. The van der Waals surface area contributed by atoms with Crippen LogP contribution in [0, 0.1) is 5.92 Å². The molecular weight excluding hydrogens is 214 g/mol. The maximum absolute atomic E-state index is 11.4. The molecule has 15 heavy (non-hydrogen) atoms. The molecule has 1 saturated carbocycles. The van der Waals surface area contributed by atoms with Crippen LogP contribution in [0.2, 0.25) is 5.15 Å². The van der Waals surface area contributed by atoms with Crippen molar-refractivity contribution in [2.45, 2.75) is 19.3 Å². The first-order chi connectivity index (χ1) is 7.22. The van der Waals surface area contributed by atoms with E-state index in [0.717, 1.165) is 12.0 Å². The summed E-state index contributed by atoms with van der Waals surface area (Å²) < 4.78 is 4.96. The smallest absolute Gasteiger partial charge is 0.309 e. The highest BCUT2D eigenvalue weighted by atomic mass is 35.5. The Morgan fingerprint density at radius 3 is 3.07 bits per heavy atom. The number of hydrogen-bond acceptors (Lipinski definition) is 3. The van der Waals surface area contributed by atoms with Gasteiger partial charge in [-0.1, -0.05) is 17.7 Å². The Morgan fingerprint density at radius 2 is 2.47 bits per heavy atom. The highest BCUT2D eigenvalue weighted by molar-refractivity contribution is 6.29. The topological polar surface area (TPSA) is 39.2 Å². The van der Waals surface area contributed by atoms with Crippen molar-refractivity contribution in [3.63, 3.8) is 0 Å². The van der Waals surface area contributed by atoms with Gasteiger partial charge in [0, 0.05) is 6.20 Å². The second-order valence-electron chi connectivity index (χ2n) is 3.61. The van der Waals surface area contributed by atoms with Gasteiger partial charge >= 0.3 is 5.97 Å². The van der Waals surface area contributed by atoms with Crippen molar-refractivity contribution in [2.75, 3.05) is 6.61 Å². The van der Waals surface area contributed by atoms with Gasteiger partial charge in [0.15, 0.2) is 0 Å². The average molecular weight is 226 g/mol. The molecule has 0 aromatic carbocycles. The van der Waals surface area contributed by atoms with Crippen molar-refractivity contribution >= 4 is 17.6 Å². The molecule has 4 heteroatoms. The summed E-state index contributed by atoms with van der Waals surface area (Å²) in [5.74, 6) is 0.194. The van der Waals surface area contributed by atoms with E-state index in [9.17, 15) is 4.79 Å². The number of hydrogen-bond donors (Lipinski definition) is 0. The fraction of sp³-hybridized carbons (Fsp3) is 0.455. The van der Waals surface area contributed by atoms with Crippen LogP contribution in [0.1, 0.15) is 24.8 Å². The van der Waals surface area contributed by atoms with Gasteiger partial charge in [-0.3, -0.25) is 4.79 Å². The van der Waals surface area contributed by atoms with Crippen molar-refractivity contribution in [2.24, 2.45) is 5.92 Å². The van der Waals surface area contributed by atoms with Gasteiger partial charge in [-0.2, -0.15) is 0 Å². The first-order valence-corrected chi connectivity index (χ1v) is 5.38. The molecule has 0 bridgehead atoms. The van der Waals surface area contributed by atoms with E-state index in [2.05, 4.69) is 4.98 Å². The van der Waals surface area contributed by atoms with Gasteiger partial charge < -0.3 is 4.74 Å². The minimum absolute atomic E-state index is 0.0212. The summed E-state index contributed by atoms with van der Waals surface area (Å²) >= 11 is 5.68. The molecule has 1 aliphatic carbocycles. The Labute approximate surface area is 93.4 Å². The highest BCUT2D eigenvalue weighted by Crippen LogP contribution is 2.47. The predicted molar refractivity (Wildman–Crippen MR) is 56.7 cm³/mol. The number of ether oxygens (including phenoxy) is 1. The second-order valence-corrected chi connectivity index (χ2v) is 4.00. The van der Waals surface area contributed by atoms with Gasteiger partial charge in [0.25, 0.3) is 0 Å². The number of aromatic nitrogens is 1. The molecule has 0 spiro atoms. The van der Waals surface area contributed by atoms with Crippen molar-refractivity contribution < 1.29 is 9.53 Å². The van der Waals surface area contributed by atoms with E-state index in [4.69, 9.17) is 16.3 Å². The molecule has 1 aromatic rings. The molecule has 1 unspecified atom stereocenters. The number of pyridine rings is 1. The third kappa shape index (κ3) is 2.29. The van der Waals surface area contributed by atoms with Crippen LogP contribution in [-0.4, -0.2) is 17.6 Å². The molecule has 3 nitrogen and oxygen atoms in total. The molecule has 1 aromatic heterocycles. The lowest BCUT2D eigenvalue weighted by Crippen LogP contribution is -2.07. The maximum Gasteiger partial charge on any atom is 0.309 e. The van der Waals surface area contributed by atoms with E-state index >= 15 is 0 Å². The Balaban J connectivity index is 1.98. The van der Waals surface area contributed by atoms with Crippen LogP contribution in [0.15, 0.2) is 18.3 Å². The van der Waals surface area contributed by atoms with Gasteiger partial charge in [0.2, 0.25) is 0 Å². The molecule has 2 atom stereocenters. The minimum atomic E-state index is -0.0996. The first kappa shape index (κ1) is 10.4. The monoisotopic (exact) mass is 225 g/mol. The summed E-state index contributed by atoms with van der Waals surface area (Å²) in [6, 6.07) is 3.66. The molecule has 0 radical (unpaired) electrons. The van der Waals surface area contributed by atoms with E-state index in [0.29, 0.717) is 11.8 Å². The third-order valence-electron chi connectivity index (χ3n) is 2.56. The number of carbonyl (C=O) groups is 1. The SMILES string of the molecule is CCOC(=O)C1C[C@H]1c1ccc(Cl)nc1. The Hall–Kier alpha value is -1.09. The van der Waals surface area contributed by atoms with Crippen LogP contribution in [0.5, 0.6) is 0 Å². The summed E-state index contributed by atoms with van der Waals surface area (Å²) in [6.45, 7) is 2.26. The molecule has 0 saturated heterocycles. The zero-order chi connectivity index (χ0) is 10.8. The van der Waals surface area contributed by atoms with E-state index in [-0.39, 0.29) is 17.8 Å². The van der Waals surface area contributed by atoms with Crippen LogP contribution < -0.4 is 0 Å². The molecule has 2 rings (SSSR count). The Morgan fingerprint density at radius 1 is 1.67 bits per heavy atom. The summed E-state index contributed by atoms with van der Waals surface area (Å²) in [7, 11) is 0. The molecule has 0 aliphatic heterocycles. The predicted octanol–water partition coefficient (Wildman–Crippen LogP) is 2.40. The zero-order valence-electron chi connectivity index (χ0n) is 8.44. The van der Waals surface area contributed by atoms with Gasteiger partial charge in [0.1, 0.15) is 5.15 Å². The van der Waals surface area contributed by atoms with Crippen molar-refractivity contribution in [3.05, 3.63) is 29.0 Å². The first-order valence-electron chi connectivity index (χ1n) is 5.00. The largest absolute Gasteiger partial charge is 0.466 e. The number of carbonyl (C=O) groups excluding carboxylic acids is 1. The van der Waals surface area contributed by atoms with Crippen molar-refractivity contribution in [3.8, 4) is 0 Å². The third-order valence-corrected chi connectivity index (χ3v) is 2.78. The molecule has 80 valence electrons. The molecule has 1 heterocycles. The van der Waals surface area contributed by atoms with Crippen LogP contribution in [0.25, 0.3) is 0 Å². The summed E-state index contributed by atoms with van der Waals surface area (Å²) in [5.41, 5.74) is 1.07. The van der Waals surface area contributed by atoms with Crippen molar-refractivity contribution in [1.82, 2.24) is 4.98 Å². The summed E-state index contributed by atoms with van der Waals surface area (Å²) in [6.07, 6.45) is 2.59. The normalized spacial score (nSPS) is 23.6. The number of halogens is 1. The fourth-order valence-corrected chi connectivity index (χ4v) is 1.79.